The molecule has 1 rings (SSSR count). The third-order valence-corrected chi connectivity index (χ3v) is 2.98. The summed E-state index contributed by atoms with van der Waals surface area (Å²) < 4.78 is 41.7. The zero-order valence-electron chi connectivity index (χ0n) is 9.79. The molecule has 18 heavy (non-hydrogen) atoms. The number of nitrogens with zero attached hydrogens (tertiary/aromatic N) is 1. The third kappa shape index (κ3) is 2.92. The summed E-state index contributed by atoms with van der Waals surface area (Å²) in [6.07, 6.45) is -4.58. The minimum Gasteiger partial charge on any atom is -0.481 e. The van der Waals surface area contributed by atoms with Crippen molar-refractivity contribution in [2.45, 2.75) is 19.0 Å². The summed E-state index contributed by atoms with van der Waals surface area (Å²) in [6.45, 7) is -0.782. The number of rotatable bonds is 3. The number of carbonyl (C=O) groups is 2. The fourth-order valence-electron chi connectivity index (χ4n) is 2.11. The van der Waals surface area contributed by atoms with Crippen molar-refractivity contribution in [3.05, 3.63) is 0 Å². The molecule has 1 N–H and O–H groups in total. The van der Waals surface area contributed by atoms with Crippen LogP contribution in [0.1, 0.15) is 12.8 Å². The Hall–Kier alpha value is -1.31. The molecule has 0 aromatic rings. The van der Waals surface area contributed by atoms with Gasteiger partial charge in [-0.05, 0) is 12.8 Å². The van der Waals surface area contributed by atoms with Gasteiger partial charge in [0, 0.05) is 20.2 Å². The number of carbonyl (C=O) groups excluding carboxylic acids is 1. The monoisotopic (exact) mass is 269 g/mol. The van der Waals surface area contributed by atoms with Gasteiger partial charge in [-0.15, -0.1) is 0 Å². The Labute approximate surface area is 102 Å². The lowest BCUT2D eigenvalue weighted by atomic mass is 9.80. The Morgan fingerprint density at radius 1 is 1.44 bits per heavy atom. The van der Waals surface area contributed by atoms with Gasteiger partial charge in [0.05, 0.1) is 6.61 Å². The number of aliphatic carboxylic acids is 1. The third-order valence-electron chi connectivity index (χ3n) is 2.98. The Kier molecular flexibility index (Phi) is 4.20. The number of halogens is 3. The first kappa shape index (κ1) is 14.7. The summed E-state index contributed by atoms with van der Waals surface area (Å²) in [5.74, 6) is -3.24. The van der Waals surface area contributed by atoms with Crippen LogP contribution in [0.15, 0.2) is 0 Å². The van der Waals surface area contributed by atoms with Crippen molar-refractivity contribution in [2.75, 3.05) is 26.8 Å². The number of methoxy groups -OCH3 is 1. The molecule has 0 saturated carbocycles. The number of carboxylic acids is 1. The quantitative estimate of drug-likeness (QED) is 0.826. The number of hydrogen-bond donors (Lipinski definition) is 1. The smallest absolute Gasteiger partial charge is 0.471 e. The van der Waals surface area contributed by atoms with E-state index in [1.165, 1.54) is 7.11 Å². The van der Waals surface area contributed by atoms with Crippen molar-refractivity contribution in [3.8, 4) is 0 Å². The molecule has 0 radical (unpaired) electrons. The topological polar surface area (TPSA) is 66.8 Å². The molecule has 1 saturated heterocycles. The molecule has 1 fully saturated rings. The number of alkyl halides is 3. The van der Waals surface area contributed by atoms with Gasteiger partial charge < -0.3 is 14.7 Å². The first-order valence-corrected chi connectivity index (χ1v) is 5.31. The van der Waals surface area contributed by atoms with Crippen molar-refractivity contribution >= 4 is 11.9 Å². The van der Waals surface area contributed by atoms with Crippen LogP contribution in [0.5, 0.6) is 0 Å². The van der Waals surface area contributed by atoms with Gasteiger partial charge in [-0.2, -0.15) is 13.2 Å². The normalized spacial score (nSPS) is 25.0. The van der Waals surface area contributed by atoms with Gasteiger partial charge in [0.25, 0.3) is 0 Å². The van der Waals surface area contributed by atoms with Gasteiger partial charge in [-0.3, -0.25) is 9.59 Å². The van der Waals surface area contributed by atoms with Crippen LogP contribution in [-0.2, 0) is 14.3 Å². The molecular weight excluding hydrogens is 255 g/mol. The van der Waals surface area contributed by atoms with Crippen molar-refractivity contribution in [2.24, 2.45) is 5.41 Å². The van der Waals surface area contributed by atoms with Gasteiger partial charge in [-0.1, -0.05) is 0 Å². The predicted octanol–water partition coefficient (Wildman–Crippen LogP) is 0.889. The van der Waals surface area contributed by atoms with Crippen LogP contribution in [-0.4, -0.2) is 54.9 Å². The second-order valence-corrected chi connectivity index (χ2v) is 4.35. The molecule has 1 heterocycles. The molecule has 8 heteroatoms. The minimum atomic E-state index is -4.98. The molecule has 104 valence electrons. The Bertz CT molecular complexity index is 341. The van der Waals surface area contributed by atoms with Gasteiger partial charge in [0.1, 0.15) is 5.41 Å². The van der Waals surface area contributed by atoms with E-state index in [-0.39, 0.29) is 26.0 Å². The number of hydrogen-bond acceptors (Lipinski definition) is 3. The van der Waals surface area contributed by atoms with Gasteiger partial charge in [-0.25, -0.2) is 0 Å². The Morgan fingerprint density at radius 2 is 2.06 bits per heavy atom. The van der Waals surface area contributed by atoms with E-state index in [1.807, 2.05) is 0 Å². The first-order valence-electron chi connectivity index (χ1n) is 5.31. The molecular formula is C10H14F3NO4. The molecule has 1 amide bonds. The lowest BCUT2D eigenvalue weighted by molar-refractivity contribution is -0.191. The molecule has 1 atom stereocenters. The second-order valence-electron chi connectivity index (χ2n) is 4.35. The van der Waals surface area contributed by atoms with Crippen LogP contribution in [0.4, 0.5) is 13.2 Å². The van der Waals surface area contributed by atoms with E-state index in [4.69, 9.17) is 9.84 Å². The van der Waals surface area contributed by atoms with Crippen LogP contribution in [0.25, 0.3) is 0 Å². The number of ether oxygens (including phenoxy) is 1. The Balaban J connectivity index is 2.88. The highest BCUT2D eigenvalue weighted by Gasteiger charge is 2.49. The second kappa shape index (κ2) is 5.13. The van der Waals surface area contributed by atoms with Crippen LogP contribution < -0.4 is 0 Å². The van der Waals surface area contributed by atoms with Gasteiger partial charge in [0.2, 0.25) is 0 Å². The van der Waals surface area contributed by atoms with Gasteiger partial charge in [0.15, 0.2) is 0 Å². The van der Waals surface area contributed by atoms with Crippen LogP contribution in [0.2, 0.25) is 0 Å². The lowest BCUT2D eigenvalue weighted by Gasteiger charge is -2.39. The van der Waals surface area contributed by atoms with Crippen molar-refractivity contribution in [1.29, 1.82) is 0 Å². The molecule has 0 bridgehead atoms. The summed E-state index contributed by atoms with van der Waals surface area (Å²) in [5.41, 5.74) is -1.45. The van der Waals surface area contributed by atoms with E-state index in [9.17, 15) is 22.8 Å². The number of carboxylic acid groups (broad SMARTS) is 1. The SMILES string of the molecule is COCC1(C(=O)O)CCCN(C(=O)C(F)(F)F)C1. The fourth-order valence-corrected chi connectivity index (χ4v) is 2.11. The highest BCUT2D eigenvalue weighted by molar-refractivity contribution is 5.83. The van der Waals surface area contributed by atoms with Crippen LogP contribution in [0.3, 0.4) is 0 Å². The summed E-state index contributed by atoms with van der Waals surface area (Å²) >= 11 is 0. The molecule has 1 unspecified atom stereocenters. The van der Waals surface area contributed by atoms with Crippen LogP contribution >= 0.6 is 0 Å². The fraction of sp³-hybridized carbons (Fsp3) is 0.800. The average molecular weight is 269 g/mol. The number of amides is 1. The molecule has 0 aliphatic carbocycles. The molecule has 5 nitrogen and oxygen atoms in total. The average Bonchev–Trinajstić information content (AvgIpc) is 2.27. The van der Waals surface area contributed by atoms with Crippen molar-refractivity contribution < 1.29 is 32.6 Å². The molecule has 0 aromatic carbocycles. The van der Waals surface area contributed by atoms with E-state index >= 15 is 0 Å². The summed E-state index contributed by atoms with van der Waals surface area (Å²) in [4.78, 5) is 22.8. The molecule has 1 aliphatic rings. The number of piperidine rings is 1. The summed E-state index contributed by atoms with van der Waals surface area (Å²) in [7, 11) is 1.27. The molecule has 0 aromatic heterocycles. The number of likely N-dealkylation sites (tertiary alicyclic amines) is 1. The standard InChI is InChI=1S/C10H14F3NO4/c1-18-6-9(8(16)17)3-2-4-14(5-9)7(15)10(11,12)13/h2-6H2,1H3,(H,16,17). The van der Waals surface area contributed by atoms with Crippen LogP contribution in [0, 0.1) is 5.41 Å². The van der Waals surface area contributed by atoms with E-state index in [0.717, 1.165) is 0 Å². The zero-order valence-corrected chi connectivity index (χ0v) is 9.79. The maximum Gasteiger partial charge on any atom is 0.471 e. The lowest BCUT2D eigenvalue weighted by Crippen LogP contribution is -2.54. The summed E-state index contributed by atoms with van der Waals surface area (Å²) in [6, 6.07) is 0. The first-order chi connectivity index (χ1) is 8.23. The maximum atomic E-state index is 12.3. The van der Waals surface area contributed by atoms with E-state index < -0.39 is 30.0 Å². The summed E-state index contributed by atoms with van der Waals surface area (Å²) in [5, 5.41) is 9.12. The van der Waals surface area contributed by atoms with E-state index in [2.05, 4.69) is 0 Å². The zero-order chi connectivity index (χ0) is 14.0. The highest BCUT2D eigenvalue weighted by Crippen LogP contribution is 2.32. The molecule has 1 aliphatic heterocycles. The van der Waals surface area contributed by atoms with Crippen molar-refractivity contribution in [3.63, 3.8) is 0 Å². The Morgan fingerprint density at radius 3 is 2.50 bits per heavy atom. The minimum absolute atomic E-state index is 0.0862. The predicted molar refractivity (Wildman–Crippen MR) is 53.8 cm³/mol. The van der Waals surface area contributed by atoms with E-state index in [1.54, 1.807) is 0 Å². The maximum absolute atomic E-state index is 12.3. The van der Waals surface area contributed by atoms with Gasteiger partial charge >= 0.3 is 18.1 Å². The van der Waals surface area contributed by atoms with Crippen molar-refractivity contribution in [1.82, 2.24) is 4.90 Å². The highest BCUT2D eigenvalue weighted by atomic mass is 19.4. The van der Waals surface area contributed by atoms with E-state index in [0.29, 0.717) is 4.90 Å². The largest absolute Gasteiger partial charge is 0.481 e. The molecule has 0 spiro atoms.